The summed E-state index contributed by atoms with van der Waals surface area (Å²) in [5.74, 6) is -0.235. The second-order valence-corrected chi connectivity index (χ2v) is 5.61. The number of carbonyl (C=O) groups is 1. The predicted molar refractivity (Wildman–Crippen MR) is 75.3 cm³/mol. The molecule has 0 aromatic heterocycles. The number of likely N-dealkylation sites (tertiary alicyclic amines) is 1. The zero-order valence-corrected chi connectivity index (χ0v) is 12.1. The summed E-state index contributed by atoms with van der Waals surface area (Å²) in [5.41, 5.74) is 2.31. The van der Waals surface area contributed by atoms with Crippen molar-refractivity contribution in [2.75, 3.05) is 20.7 Å². The largest absolute Gasteiger partial charge is 0.468 e. The van der Waals surface area contributed by atoms with Crippen LogP contribution in [0.4, 0.5) is 0 Å². The topological polar surface area (TPSA) is 30.7 Å². The van der Waals surface area contributed by atoms with Crippen LogP contribution in [0.15, 0.2) is 24.3 Å². The van der Waals surface area contributed by atoms with Crippen molar-refractivity contribution in [3.05, 3.63) is 35.4 Å². The number of rotatable bonds is 3. The van der Waals surface area contributed by atoms with Gasteiger partial charge in [-0.3, -0.25) is 4.79 Å². The average molecular weight is 262 g/mol. The third kappa shape index (κ3) is 3.16. The molecule has 1 saturated heterocycles. The van der Waals surface area contributed by atoms with Gasteiger partial charge in [-0.25, -0.2) is 0 Å². The fourth-order valence-corrected chi connectivity index (χ4v) is 3.08. The van der Waals surface area contributed by atoms with Gasteiger partial charge in [-0.1, -0.05) is 29.8 Å². The lowest BCUT2D eigenvalue weighted by molar-refractivity contribution is -0.912. The molecule has 0 amide bonds. The fraction of sp³-hybridized carbons (Fsp3) is 0.562. The van der Waals surface area contributed by atoms with Crippen LogP contribution in [0, 0.1) is 6.92 Å². The molecule has 104 valence electrons. The number of benzene rings is 1. The van der Waals surface area contributed by atoms with Crippen molar-refractivity contribution >= 4 is 5.97 Å². The van der Waals surface area contributed by atoms with Crippen LogP contribution < -0.4 is 4.90 Å². The minimum absolute atomic E-state index is 0.102. The summed E-state index contributed by atoms with van der Waals surface area (Å²) in [6.07, 6.45) is 3.56. The minimum Gasteiger partial charge on any atom is -0.468 e. The van der Waals surface area contributed by atoms with E-state index in [-0.39, 0.29) is 11.9 Å². The van der Waals surface area contributed by atoms with Crippen molar-refractivity contribution in [2.45, 2.75) is 38.1 Å². The van der Waals surface area contributed by atoms with Crippen LogP contribution >= 0.6 is 0 Å². The van der Waals surface area contributed by atoms with Crippen LogP contribution in [0.3, 0.4) is 0 Å². The molecule has 1 N–H and O–H groups in total. The molecule has 1 aromatic carbocycles. The Morgan fingerprint density at radius 2 is 2.00 bits per heavy atom. The monoisotopic (exact) mass is 262 g/mol. The number of carbonyl (C=O) groups excluding carboxylic acids is 1. The number of ether oxygens (including phenoxy) is 1. The highest BCUT2D eigenvalue weighted by molar-refractivity contribution is 5.78. The van der Waals surface area contributed by atoms with E-state index in [1.807, 2.05) is 0 Å². The number of quaternary nitrogens is 1. The molecule has 2 rings (SSSR count). The molecule has 1 aliphatic heterocycles. The van der Waals surface area contributed by atoms with Gasteiger partial charge in [-0.05, 0) is 25.3 Å². The van der Waals surface area contributed by atoms with Gasteiger partial charge in [0.25, 0.3) is 0 Å². The van der Waals surface area contributed by atoms with Crippen molar-refractivity contribution in [1.82, 2.24) is 0 Å². The third-order valence-electron chi connectivity index (χ3n) is 4.26. The minimum atomic E-state index is -0.133. The number of likely N-dealkylation sites (N-methyl/N-ethyl adjacent to an activating group) is 1. The lowest BCUT2D eigenvalue weighted by Gasteiger charge is -2.34. The second kappa shape index (κ2) is 6.20. The SMILES string of the molecule is COC(=O)[C@H](c1ccc(C)cc1)[C@H]1CCCC[NH+]1C. The Hall–Kier alpha value is -1.35. The van der Waals surface area contributed by atoms with E-state index in [2.05, 4.69) is 38.2 Å². The van der Waals surface area contributed by atoms with Crippen LogP contribution in [-0.2, 0) is 9.53 Å². The first-order chi connectivity index (χ1) is 9.13. The molecule has 19 heavy (non-hydrogen) atoms. The number of methoxy groups -OCH3 is 1. The Morgan fingerprint density at radius 3 is 2.58 bits per heavy atom. The van der Waals surface area contributed by atoms with Crippen molar-refractivity contribution in [3.63, 3.8) is 0 Å². The predicted octanol–water partition coefficient (Wildman–Crippen LogP) is 1.32. The molecule has 1 heterocycles. The van der Waals surface area contributed by atoms with Crippen molar-refractivity contribution in [3.8, 4) is 0 Å². The second-order valence-electron chi connectivity index (χ2n) is 5.61. The van der Waals surface area contributed by atoms with Crippen LogP contribution in [0.2, 0.25) is 0 Å². The summed E-state index contributed by atoms with van der Waals surface area (Å²) >= 11 is 0. The fourth-order valence-electron chi connectivity index (χ4n) is 3.08. The van der Waals surface area contributed by atoms with Gasteiger partial charge in [0.1, 0.15) is 12.0 Å². The summed E-state index contributed by atoms with van der Waals surface area (Å²) < 4.78 is 5.05. The molecule has 0 radical (unpaired) electrons. The van der Waals surface area contributed by atoms with Crippen molar-refractivity contribution < 1.29 is 14.4 Å². The molecular formula is C16H24NO2+. The van der Waals surface area contributed by atoms with E-state index >= 15 is 0 Å². The third-order valence-corrected chi connectivity index (χ3v) is 4.26. The standard InChI is InChI=1S/C16H23NO2/c1-12-7-9-13(10-8-12)15(16(18)19-3)14-6-4-5-11-17(14)2/h7-10,14-15H,4-6,11H2,1-3H3/p+1/t14-,15-/m1/s1. The highest BCUT2D eigenvalue weighted by Crippen LogP contribution is 2.24. The zero-order valence-electron chi connectivity index (χ0n) is 12.1. The average Bonchev–Trinajstić information content (AvgIpc) is 2.43. The first-order valence-electron chi connectivity index (χ1n) is 7.10. The molecule has 0 bridgehead atoms. The summed E-state index contributed by atoms with van der Waals surface area (Å²) in [5, 5.41) is 0. The summed E-state index contributed by atoms with van der Waals surface area (Å²) in [6, 6.07) is 8.62. The van der Waals surface area contributed by atoms with Crippen LogP contribution in [-0.4, -0.2) is 32.7 Å². The number of aryl methyl sites for hydroxylation is 1. The number of piperidine rings is 1. The first kappa shape index (κ1) is 14.1. The van der Waals surface area contributed by atoms with Gasteiger partial charge in [-0.15, -0.1) is 0 Å². The lowest BCUT2D eigenvalue weighted by atomic mass is 9.85. The van der Waals surface area contributed by atoms with Crippen molar-refractivity contribution in [1.29, 1.82) is 0 Å². The summed E-state index contributed by atoms with van der Waals surface area (Å²) in [7, 11) is 3.68. The maximum Gasteiger partial charge on any atom is 0.319 e. The Balaban J connectivity index is 2.29. The highest BCUT2D eigenvalue weighted by atomic mass is 16.5. The molecule has 1 fully saturated rings. The molecule has 0 saturated carbocycles. The Kier molecular flexibility index (Phi) is 4.59. The van der Waals surface area contributed by atoms with Gasteiger partial charge in [0.05, 0.1) is 20.7 Å². The van der Waals surface area contributed by atoms with E-state index in [0.29, 0.717) is 6.04 Å². The Morgan fingerprint density at radius 1 is 1.32 bits per heavy atom. The number of esters is 1. The number of hydrogen-bond donors (Lipinski definition) is 1. The molecule has 0 aliphatic carbocycles. The maximum atomic E-state index is 12.2. The number of hydrogen-bond acceptors (Lipinski definition) is 2. The molecule has 1 aromatic rings. The molecule has 1 unspecified atom stereocenters. The van der Waals surface area contributed by atoms with E-state index in [4.69, 9.17) is 4.74 Å². The number of nitrogens with one attached hydrogen (secondary N) is 1. The summed E-state index contributed by atoms with van der Waals surface area (Å²) in [6.45, 7) is 3.21. The molecule has 3 atom stereocenters. The van der Waals surface area contributed by atoms with Gasteiger partial charge >= 0.3 is 5.97 Å². The van der Waals surface area contributed by atoms with E-state index in [0.717, 1.165) is 18.5 Å². The Labute approximate surface area is 115 Å². The van der Waals surface area contributed by atoms with Gasteiger partial charge in [0, 0.05) is 6.42 Å². The van der Waals surface area contributed by atoms with E-state index in [9.17, 15) is 4.79 Å². The molecule has 1 aliphatic rings. The van der Waals surface area contributed by atoms with E-state index < -0.39 is 0 Å². The van der Waals surface area contributed by atoms with E-state index in [1.165, 1.54) is 30.4 Å². The Bertz CT molecular complexity index is 427. The lowest BCUT2D eigenvalue weighted by Crippen LogP contribution is -3.14. The summed E-state index contributed by atoms with van der Waals surface area (Å²) in [4.78, 5) is 13.7. The quantitative estimate of drug-likeness (QED) is 0.833. The van der Waals surface area contributed by atoms with Crippen LogP contribution in [0.1, 0.15) is 36.3 Å². The van der Waals surface area contributed by atoms with Gasteiger partial charge in [0.2, 0.25) is 0 Å². The molecular weight excluding hydrogens is 238 g/mol. The molecule has 0 spiro atoms. The first-order valence-corrected chi connectivity index (χ1v) is 7.10. The maximum absolute atomic E-state index is 12.2. The van der Waals surface area contributed by atoms with Crippen molar-refractivity contribution in [2.24, 2.45) is 0 Å². The van der Waals surface area contributed by atoms with Gasteiger partial charge < -0.3 is 9.64 Å². The van der Waals surface area contributed by atoms with E-state index in [1.54, 1.807) is 0 Å². The van der Waals surface area contributed by atoms with Gasteiger partial charge in [0.15, 0.2) is 0 Å². The molecule has 3 nitrogen and oxygen atoms in total. The highest BCUT2D eigenvalue weighted by Gasteiger charge is 2.37. The zero-order chi connectivity index (χ0) is 13.8. The van der Waals surface area contributed by atoms with Crippen LogP contribution in [0.5, 0.6) is 0 Å². The molecule has 3 heteroatoms. The normalized spacial score (nSPS) is 24.8. The smallest absolute Gasteiger partial charge is 0.319 e. The van der Waals surface area contributed by atoms with Crippen LogP contribution in [0.25, 0.3) is 0 Å². The van der Waals surface area contributed by atoms with Gasteiger partial charge in [-0.2, -0.15) is 0 Å².